The van der Waals surface area contributed by atoms with Crippen LogP contribution >= 0.6 is 0 Å². The number of aromatic nitrogens is 1. The molecule has 0 spiro atoms. The normalized spacial score (nSPS) is 18.7. The van der Waals surface area contributed by atoms with E-state index in [0.717, 1.165) is 24.2 Å². The van der Waals surface area contributed by atoms with E-state index < -0.39 is 18.5 Å². The van der Waals surface area contributed by atoms with Gasteiger partial charge < -0.3 is 19.5 Å². The van der Waals surface area contributed by atoms with E-state index in [-0.39, 0.29) is 23.5 Å². The van der Waals surface area contributed by atoms with Gasteiger partial charge >= 0.3 is 12.6 Å². The molecule has 2 amide bonds. The van der Waals surface area contributed by atoms with Crippen molar-refractivity contribution in [2.24, 2.45) is 0 Å². The van der Waals surface area contributed by atoms with Crippen LogP contribution in [0.3, 0.4) is 0 Å². The average molecular weight is 477 g/mol. The second-order valence-corrected chi connectivity index (χ2v) is 8.73. The molecule has 1 aromatic carbocycles. The highest BCUT2D eigenvalue weighted by atomic mass is 19.3. The Kier molecular flexibility index (Phi) is 7.47. The molecule has 8 nitrogen and oxygen atoms in total. The molecule has 0 aliphatic carbocycles. The van der Waals surface area contributed by atoms with Crippen LogP contribution in [0.15, 0.2) is 36.4 Å². The number of nitrogens with zero attached hydrogens (tertiary/aromatic N) is 3. The number of hydrogen-bond donors (Lipinski definition) is 1. The molecule has 1 atom stereocenters. The van der Waals surface area contributed by atoms with E-state index in [0.29, 0.717) is 25.8 Å². The molecule has 0 saturated carbocycles. The summed E-state index contributed by atoms with van der Waals surface area (Å²) in [6, 6.07) is 10.5. The minimum atomic E-state index is -3.10. The monoisotopic (exact) mass is 476 g/mol. The van der Waals surface area contributed by atoms with Gasteiger partial charge in [-0.2, -0.15) is 13.8 Å². The van der Waals surface area contributed by atoms with Gasteiger partial charge in [-0.25, -0.2) is 4.79 Å². The third-order valence-corrected chi connectivity index (χ3v) is 6.22. The van der Waals surface area contributed by atoms with E-state index in [4.69, 9.17) is 9.47 Å². The van der Waals surface area contributed by atoms with E-state index in [1.165, 1.54) is 19.2 Å². The predicted octanol–water partition coefficient (Wildman–Crippen LogP) is 4.33. The number of carbonyl (C=O) groups excluding carboxylic acids is 1. The van der Waals surface area contributed by atoms with Crippen molar-refractivity contribution in [3.8, 4) is 11.8 Å². The number of halogens is 2. The van der Waals surface area contributed by atoms with Crippen LogP contribution in [0.4, 0.5) is 25.0 Å². The first-order valence-corrected chi connectivity index (χ1v) is 11.4. The fourth-order valence-electron chi connectivity index (χ4n) is 4.39. The second-order valence-electron chi connectivity index (χ2n) is 8.73. The Morgan fingerprint density at radius 2 is 2.00 bits per heavy atom. The largest absolute Gasteiger partial charge is 0.481 e. The average Bonchev–Trinajstić information content (AvgIpc) is 3.22. The number of pyridine rings is 1. The molecule has 1 N–H and O–H groups in total. The Hall–Kier alpha value is -2.98. The summed E-state index contributed by atoms with van der Waals surface area (Å²) in [7, 11) is 1.37. The Morgan fingerprint density at radius 1 is 1.24 bits per heavy atom. The van der Waals surface area contributed by atoms with E-state index >= 15 is 0 Å². The van der Waals surface area contributed by atoms with Crippen molar-refractivity contribution in [3.63, 3.8) is 0 Å². The maximum absolute atomic E-state index is 13.7. The zero-order valence-electron chi connectivity index (χ0n) is 19.5. The zero-order valence-corrected chi connectivity index (χ0v) is 19.5. The molecule has 3 heterocycles. The first-order valence-electron chi connectivity index (χ1n) is 11.4. The molecule has 2 fully saturated rings. The zero-order chi connectivity index (χ0) is 24.2. The van der Waals surface area contributed by atoms with Crippen molar-refractivity contribution < 1.29 is 27.8 Å². The van der Waals surface area contributed by atoms with E-state index in [1.807, 2.05) is 24.3 Å². The van der Waals surface area contributed by atoms with Crippen LogP contribution in [0, 0.1) is 0 Å². The number of urea groups is 1. The van der Waals surface area contributed by atoms with Crippen LogP contribution in [0.2, 0.25) is 0 Å². The first kappa shape index (κ1) is 24.2. The molecule has 2 aromatic rings. The minimum Gasteiger partial charge on any atom is -0.481 e. The fourth-order valence-corrected chi connectivity index (χ4v) is 4.39. The molecule has 0 radical (unpaired) electrons. The highest BCUT2D eigenvalue weighted by molar-refractivity contribution is 6.03. The summed E-state index contributed by atoms with van der Waals surface area (Å²) in [5.41, 5.74) is 1.87. The topological polar surface area (TPSA) is 76.2 Å². The van der Waals surface area contributed by atoms with Crippen LogP contribution < -0.4 is 19.7 Å². The fraction of sp³-hybridized carbons (Fsp3) is 0.500. The Bertz CT molecular complexity index is 1000. The van der Waals surface area contributed by atoms with Gasteiger partial charge in [-0.15, -0.1) is 0 Å². The lowest BCUT2D eigenvalue weighted by Crippen LogP contribution is -2.50. The third-order valence-electron chi connectivity index (χ3n) is 6.22. The molecule has 34 heavy (non-hydrogen) atoms. The van der Waals surface area contributed by atoms with Gasteiger partial charge in [0.05, 0.1) is 32.4 Å². The molecule has 4 rings (SSSR count). The van der Waals surface area contributed by atoms with Gasteiger partial charge in [0.1, 0.15) is 5.69 Å². The number of rotatable bonds is 8. The number of benzene rings is 1. The summed E-state index contributed by atoms with van der Waals surface area (Å²) < 4.78 is 40.9. The van der Waals surface area contributed by atoms with Gasteiger partial charge in [-0.05, 0) is 30.0 Å². The number of alkyl halides is 2. The number of carbonyl (C=O) groups is 1. The van der Waals surface area contributed by atoms with Crippen molar-refractivity contribution in [2.75, 3.05) is 43.6 Å². The van der Waals surface area contributed by atoms with Crippen LogP contribution in [0.25, 0.3) is 0 Å². The second kappa shape index (κ2) is 10.5. The summed E-state index contributed by atoms with van der Waals surface area (Å²) in [5, 5.41) is 2.75. The molecule has 2 saturated heterocycles. The van der Waals surface area contributed by atoms with Crippen molar-refractivity contribution in [1.29, 1.82) is 0 Å². The maximum atomic E-state index is 13.7. The van der Waals surface area contributed by atoms with Crippen LogP contribution in [-0.4, -0.2) is 68.0 Å². The third kappa shape index (κ3) is 5.23. The summed E-state index contributed by atoms with van der Waals surface area (Å²) in [6.07, 6.45) is 0.789. The molecule has 10 heteroatoms. The van der Waals surface area contributed by atoms with E-state index in [1.54, 1.807) is 4.90 Å². The maximum Gasteiger partial charge on any atom is 0.388 e. The molecule has 184 valence electrons. The van der Waals surface area contributed by atoms with Gasteiger partial charge in [0.25, 0.3) is 0 Å². The van der Waals surface area contributed by atoms with Crippen molar-refractivity contribution >= 4 is 17.4 Å². The SMILES string of the molecule is COc1ccc(NC(=O)N(c2ccccc2C(C)C)[C@@H]2CCN(C3COC3)C2)c(OC(F)F)n1. The lowest BCUT2D eigenvalue weighted by molar-refractivity contribution is -0.0572. The molecule has 1 aromatic heterocycles. The van der Waals surface area contributed by atoms with Gasteiger partial charge in [-0.1, -0.05) is 32.0 Å². The van der Waals surface area contributed by atoms with Gasteiger partial charge in [-0.3, -0.25) is 9.80 Å². The number of methoxy groups -OCH3 is 1. The number of ether oxygens (including phenoxy) is 3. The quantitative estimate of drug-likeness (QED) is 0.611. The van der Waals surface area contributed by atoms with Crippen LogP contribution in [0.1, 0.15) is 31.7 Å². The standard InChI is InChI=1S/C24H30F2N4O4/c1-15(2)18-6-4-5-7-20(18)30(16-10-11-29(12-16)17-13-33-14-17)24(31)27-19-8-9-21(32-3)28-22(19)34-23(25)26/h4-9,15-17,23H,10-14H2,1-3H3,(H,27,31)/t16-/m1/s1. The summed E-state index contributed by atoms with van der Waals surface area (Å²) >= 11 is 0. The summed E-state index contributed by atoms with van der Waals surface area (Å²) in [4.78, 5) is 21.7. The number of amides is 2. The molecular weight excluding hydrogens is 446 g/mol. The van der Waals surface area contributed by atoms with Gasteiger partial charge in [0.2, 0.25) is 11.8 Å². The Morgan fingerprint density at radius 3 is 2.65 bits per heavy atom. The summed E-state index contributed by atoms with van der Waals surface area (Å²) in [6.45, 7) is 4.01. The van der Waals surface area contributed by atoms with E-state index in [2.05, 4.69) is 33.8 Å². The van der Waals surface area contributed by atoms with Crippen molar-refractivity contribution in [1.82, 2.24) is 9.88 Å². The number of hydrogen-bond acceptors (Lipinski definition) is 6. The van der Waals surface area contributed by atoms with Gasteiger partial charge in [0, 0.05) is 24.8 Å². The first-order chi connectivity index (χ1) is 16.4. The van der Waals surface area contributed by atoms with Crippen molar-refractivity contribution in [3.05, 3.63) is 42.0 Å². The van der Waals surface area contributed by atoms with Crippen LogP contribution in [-0.2, 0) is 4.74 Å². The Balaban J connectivity index is 1.65. The smallest absolute Gasteiger partial charge is 0.388 e. The number of likely N-dealkylation sites (tertiary alicyclic amines) is 1. The highest BCUT2D eigenvalue weighted by Crippen LogP contribution is 2.34. The minimum absolute atomic E-state index is 0.0420. The lowest BCUT2D eigenvalue weighted by atomic mass is 9.99. The predicted molar refractivity (Wildman–Crippen MR) is 124 cm³/mol. The van der Waals surface area contributed by atoms with Crippen molar-refractivity contribution in [2.45, 2.75) is 44.9 Å². The number of nitrogens with one attached hydrogen (secondary N) is 1. The van der Waals surface area contributed by atoms with Crippen LogP contribution in [0.5, 0.6) is 11.8 Å². The molecule has 2 aliphatic heterocycles. The molecule has 2 aliphatic rings. The van der Waals surface area contributed by atoms with E-state index in [9.17, 15) is 13.6 Å². The van der Waals surface area contributed by atoms with Gasteiger partial charge in [0.15, 0.2) is 0 Å². The molecule has 0 unspecified atom stereocenters. The Labute approximate surface area is 197 Å². The highest BCUT2D eigenvalue weighted by Gasteiger charge is 2.38. The molecular formula is C24H30F2N4O4. The molecule has 0 bridgehead atoms. The number of anilines is 2. The summed E-state index contributed by atoms with van der Waals surface area (Å²) in [5.74, 6) is -0.117. The lowest BCUT2D eigenvalue weighted by Gasteiger charge is -2.36. The number of para-hydroxylation sites is 1.